The molecule has 0 aliphatic carbocycles. The first-order valence-corrected chi connectivity index (χ1v) is 30.4. The highest BCUT2D eigenvalue weighted by molar-refractivity contribution is 5.76. The van der Waals surface area contributed by atoms with Crippen molar-refractivity contribution in [2.45, 2.75) is 324 Å². The van der Waals surface area contributed by atoms with E-state index in [-0.39, 0.29) is 18.9 Å². The highest BCUT2D eigenvalue weighted by Crippen LogP contribution is 2.33. The molecule has 3 heterocycles. The first-order valence-electron chi connectivity index (χ1n) is 30.4. The quantitative estimate of drug-likeness (QED) is 0.0269. The Morgan fingerprint density at radius 2 is 0.805 bits per heavy atom. The zero-order chi connectivity index (χ0) is 56.2. The number of rotatable bonds is 45. The molecule has 3 aliphatic rings. The number of nitrogens with one attached hydrogen (secondary N) is 1. The van der Waals surface area contributed by atoms with Crippen LogP contribution in [0, 0.1) is 0 Å². The van der Waals surface area contributed by atoms with Gasteiger partial charge in [0, 0.05) is 6.42 Å². The van der Waals surface area contributed by atoms with Crippen LogP contribution in [0.25, 0.3) is 0 Å². The van der Waals surface area contributed by atoms with Crippen LogP contribution >= 0.6 is 0 Å². The van der Waals surface area contributed by atoms with Gasteiger partial charge in [-0.1, -0.05) is 206 Å². The molecule has 0 radical (unpaired) electrons. The predicted octanol–water partition coefficient (Wildman–Crippen LogP) is 5.38. The molecule has 0 aromatic rings. The molecule has 19 heteroatoms. The maximum atomic E-state index is 13.3. The molecule has 12 N–H and O–H groups in total. The fourth-order valence-corrected chi connectivity index (χ4v) is 10.5. The second-order valence-corrected chi connectivity index (χ2v) is 22.2. The SMILES string of the molecule is CCCCCCCC/C=C/C(O)C(COC1OC(CO)C(OC2OC(CO)C(OC3OC(CO)C(O)C(O)C3O)C(O)C2O)C(O)C1O)NC(=O)CCCCCCCCCCCCCCCCCCCCCCCCCC. The number of unbranched alkanes of at least 4 members (excludes halogenated alkanes) is 29. The minimum atomic E-state index is -1.97. The van der Waals surface area contributed by atoms with Crippen LogP contribution in [-0.4, -0.2) is 193 Å². The van der Waals surface area contributed by atoms with Crippen LogP contribution in [0.3, 0.4) is 0 Å². The van der Waals surface area contributed by atoms with Crippen molar-refractivity contribution in [2.75, 3.05) is 26.4 Å². The average molecular weight is 1110 g/mol. The van der Waals surface area contributed by atoms with Crippen molar-refractivity contribution in [1.82, 2.24) is 5.32 Å². The lowest BCUT2D eigenvalue weighted by Crippen LogP contribution is -2.66. The summed E-state index contributed by atoms with van der Waals surface area (Å²) in [6.45, 7) is 1.68. The topological polar surface area (TPSA) is 307 Å². The predicted molar refractivity (Wildman–Crippen MR) is 291 cm³/mol. The number of allylic oxidation sites excluding steroid dienone is 1. The van der Waals surface area contributed by atoms with Gasteiger partial charge in [0.2, 0.25) is 5.91 Å². The van der Waals surface area contributed by atoms with Crippen LogP contribution in [0.15, 0.2) is 12.2 Å². The lowest BCUT2D eigenvalue weighted by Gasteiger charge is -2.48. The van der Waals surface area contributed by atoms with Gasteiger partial charge >= 0.3 is 0 Å². The summed E-state index contributed by atoms with van der Waals surface area (Å²) in [5.74, 6) is -0.275. The van der Waals surface area contributed by atoms with Crippen LogP contribution in [-0.2, 0) is 33.2 Å². The Morgan fingerprint density at radius 3 is 1.22 bits per heavy atom. The minimum Gasteiger partial charge on any atom is -0.394 e. The Morgan fingerprint density at radius 1 is 0.455 bits per heavy atom. The van der Waals surface area contributed by atoms with E-state index >= 15 is 0 Å². The van der Waals surface area contributed by atoms with Crippen LogP contribution < -0.4 is 5.32 Å². The third kappa shape index (κ3) is 26.5. The third-order valence-corrected chi connectivity index (χ3v) is 15.6. The summed E-state index contributed by atoms with van der Waals surface area (Å²) in [7, 11) is 0. The maximum Gasteiger partial charge on any atom is 0.220 e. The first-order chi connectivity index (χ1) is 37.3. The second-order valence-electron chi connectivity index (χ2n) is 22.2. The molecule has 0 bridgehead atoms. The zero-order valence-corrected chi connectivity index (χ0v) is 47.2. The van der Waals surface area contributed by atoms with Crippen molar-refractivity contribution in [3.8, 4) is 0 Å². The van der Waals surface area contributed by atoms with Crippen LogP contribution in [0.1, 0.15) is 219 Å². The fourth-order valence-electron chi connectivity index (χ4n) is 10.5. The monoisotopic (exact) mass is 1110 g/mol. The number of hydrogen-bond acceptors (Lipinski definition) is 18. The summed E-state index contributed by atoms with van der Waals surface area (Å²) < 4.78 is 34.2. The van der Waals surface area contributed by atoms with Crippen LogP contribution in [0.5, 0.6) is 0 Å². The highest BCUT2D eigenvalue weighted by atomic mass is 16.8. The normalized spacial score (nSPS) is 30.7. The van der Waals surface area contributed by atoms with E-state index in [2.05, 4.69) is 19.2 Å². The van der Waals surface area contributed by atoms with Crippen molar-refractivity contribution >= 4 is 5.91 Å². The molecule has 0 aromatic carbocycles. The molecule has 1 amide bonds. The molecular formula is C58H109NO18. The molecule has 77 heavy (non-hydrogen) atoms. The Bertz CT molecular complexity index is 1460. The standard InChI is InChI=1S/C58H109NO18/c1-3-5-7-9-11-13-14-15-16-17-18-19-20-21-22-23-24-25-26-27-28-30-32-34-36-46(64)59-41(42(63)35-33-31-29-12-10-8-6-4-2)40-72-56-52(70)49(67)54(44(38-61)74-56)77-58-53(71)50(68)55(45(39-62)75-58)76-57-51(69)48(66)47(65)43(37-60)73-57/h33,35,41-45,47-58,60-63,65-71H,3-32,34,36-40H2,1-2H3,(H,59,64)/b35-33+. The molecular weight excluding hydrogens is 999 g/mol. The first kappa shape index (κ1) is 69.8. The molecule has 17 unspecified atom stereocenters. The average Bonchev–Trinajstić information content (AvgIpc) is 3.44. The van der Waals surface area contributed by atoms with Gasteiger partial charge in [-0.05, 0) is 19.3 Å². The van der Waals surface area contributed by atoms with E-state index in [0.717, 1.165) is 51.4 Å². The van der Waals surface area contributed by atoms with E-state index < -0.39 is 124 Å². The lowest BCUT2D eigenvalue weighted by molar-refractivity contribution is -0.379. The molecule has 3 fully saturated rings. The maximum absolute atomic E-state index is 13.3. The van der Waals surface area contributed by atoms with Gasteiger partial charge in [-0.15, -0.1) is 0 Å². The number of ether oxygens (including phenoxy) is 6. The minimum absolute atomic E-state index is 0.248. The van der Waals surface area contributed by atoms with Gasteiger partial charge in [0.25, 0.3) is 0 Å². The van der Waals surface area contributed by atoms with E-state index in [1.54, 1.807) is 6.08 Å². The van der Waals surface area contributed by atoms with Crippen molar-refractivity contribution in [3.05, 3.63) is 12.2 Å². The third-order valence-electron chi connectivity index (χ3n) is 15.6. The number of amides is 1. The van der Waals surface area contributed by atoms with Crippen molar-refractivity contribution in [1.29, 1.82) is 0 Å². The summed E-state index contributed by atoms with van der Waals surface area (Å²) in [6, 6.07) is -0.965. The molecule has 3 aliphatic heterocycles. The summed E-state index contributed by atoms with van der Waals surface area (Å²) in [5.41, 5.74) is 0. The molecule has 3 saturated heterocycles. The number of carbonyl (C=O) groups is 1. The molecule has 3 rings (SSSR count). The highest BCUT2D eigenvalue weighted by Gasteiger charge is 2.53. The second kappa shape index (κ2) is 42.4. The van der Waals surface area contributed by atoms with Crippen LogP contribution in [0.4, 0.5) is 0 Å². The number of carbonyl (C=O) groups excluding carboxylic acids is 1. The van der Waals surface area contributed by atoms with Crippen LogP contribution in [0.2, 0.25) is 0 Å². The summed E-state index contributed by atoms with van der Waals surface area (Å²) in [4.78, 5) is 13.3. The summed E-state index contributed by atoms with van der Waals surface area (Å²) in [5, 5.41) is 120. The zero-order valence-electron chi connectivity index (χ0n) is 47.2. The van der Waals surface area contributed by atoms with Gasteiger partial charge < -0.3 is 89.9 Å². The van der Waals surface area contributed by atoms with Crippen molar-refractivity contribution in [3.63, 3.8) is 0 Å². The lowest BCUT2D eigenvalue weighted by atomic mass is 9.96. The van der Waals surface area contributed by atoms with E-state index in [0.29, 0.717) is 6.42 Å². The number of hydrogen-bond donors (Lipinski definition) is 12. The largest absolute Gasteiger partial charge is 0.394 e. The van der Waals surface area contributed by atoms with Crippen molar-refractivity contribution < 1.29 is 89.4 Å². The van der Waals surface area contributed by atoms with E-state index in [9.17, 15) is 61.0 Å². The number of aliphatic hydroxyl groups is 11. The van der Waals surface area contributed by atoms with Gasteiger partial charge in [-0.3, -0.25) is 4.79 Å². The Balaban J connectivity index is 1.41. The van der Waals surface area contributed by atoms with E-state index in [4.69, 9.17) is 28.4 Å². The van der Waals surface area contributed by atoms with Gasteiger partial charge in [0.15, 0.2) is 18.9 Å². The van der Waals surface area contributed by atoms with E-state index in [1.165, 1.54) is 141 Å². The Kier molecular flexibility index (Phi) is 38.4. The van der Waals surface area contributed by atoms with Gasteiger partial charge in [-0.2, -0.15) is 0 Å². The van der Waals surface area contributed by atoms with Gasteiger partial charge in [0.1, 0.15) is 73.2 Å². The van der Waals surface area contributed by atoms with E-state index in [1.807, 2.05) is 6.08 Å². The van der Waals surface area contributed by atoms with Gasteiger partial charge in [-0.25, -0.2) is 0 Å². The molecule has 17 atom stereocenters. The fraction of sp³-hybridized carbons (Fsp3) is 0.948. The summed E-state index contributed by atoms with van der Waals surface area (Å²) in [6.07, 6.45) is 15.2. The Labute approximate surface area is 461 Å². The molecule has 454 valence electrons. The van der Waals surface area contributed by atoms with Gasteiger partial charge in [0.05, 0.1) is 38.6 Å². The molecule has 19 nitrogen and oxygen atoms in total. The van der Waals surface area contributed by atoms with Crippen molar-refractivity contribution in [2.24, 2.45) is 0 Å². The smallest absolute Gasteiger partial charge is 0.220 e. The molecule has 0 spiro atoms. The molecule has 0 saturated carbocycles. The number of aliphatic hydroxyl groups excluding tert-OH is 11. The molecule has 0 aromatic heterocycles. The Hall–Kier alpha value is -1.47. The summed E-state index contributed by atoms with van der Waals surface area (Å²) >= 11 is 0.